The van der Waals surface area contributed by atoms with E-state index in [4.69, 9.17) is 15.0 Å². The minimum Gasteiger partial charge on any atom is -0.208 e. The Hall–Kier alpha value is -7.23. The first-order chi connectivity index (χ1) is 27.3. The van der Waals surface area contributed by atoms with Gasteiger partial charge in [0, 0.05) is 16.7 Å². The lowest BCUT2D eigenvalue weighted by atomic mass is 9.67. The first kappa shape index (κ1) is 32.4. The van der Waals surface area contributed by atoms with E-state index in [0.717, 1.165) is 27.8 Å². The molecule has 8 aromatic carbocycles. The smallest absolute Gasteiger partial charge is 0.164 e. The van der Waals surface area contributed by atoms with Crippen LogP contribution < -0.4 is 0 Å². The minimum atomic E-state index is -0.469. The number of benzene rings is 8. The fraction of sp³-hybridized carbons (Fsp3) is 0.0192. The van der Waals surface area contributed by atoms with Crippen molar-refractivity contribution < 1.29 is 0 Å². The molecule has 0 spiro atoms. The molecule has 1 aliphatic carbocycles. The van der Waals surface area contributed by atoms with E-state index in [0.29, 0.717) is 17.5 Å². The van der Waals surface area contributed by atoms with Crippen molar-refractivity contribution in [1.29, 1.82) is 0 Å². The van der Waals surface area contributed by atoms with Gasteiger partial charge in [-0.25, -0.2) is 15.0 Å². The maximum atomic E-state index is 5.18. The molecule has 0 unspecified atom stereocenters. The van der Waals surface area contributed by atoms with Gasteiger partial charge in [-0.3, -0.25) is 0 Å². The van der Waals surface area contributed by atoms with E-state index in [9.17, 15) is 0 Å². The molecule has 10 rings (SSSR count). The molecule has 9 aromatic rings. The van der Waals surface area contributed by atoms with Crippen LogP contribution in [0.1, 0.15) is 22.3 Å². The van der Waals surface area contributed by atoms with E-state index in [1.165, 1.54) is 44.5 Å². The van der Waals surface area contributed by atoms with Crippen molar-refractivity contribution in [2.45, 2.75) is 5.41 Å². The van der Waals surface area contributed by atoms with Gasteiger partial charge in [-0.15, -0.1) is 0 Å². The first-order valence-corrected chi connectivity index (χ1v) is 18.7. The Bertz CT molecular complexity index is 2620. The summed E-state index contributed by atoms with van der Waals surface area (Å²) >= 11 is 0. The van der Waals surface area contributed by atoms with Gasteiger partial charge in [-0.05, 0) is 61.7 Å². The summed E-state index contributed by atoms with van der Waals surface area (Å²) in [6, 6.07) is 75.2. The fourth-order valence-electron chi connectivity index (χ4n) is 8.24. The van der Waals surface area contributed by atoms with Crippen molar-refractivity contribution in [3.8, 4) is 67.5 Å². The predicted octanol–water partition coefficient (Wildman–Crippen LogP) is 12.6. The van der Waals surface area contributed by atoms with Crippen molar-refractivity contribution in [3.63, 3.8) is 0 Å². The molecular formula is C52H35N3. The standard InChI is InChI=1S/C52H35N3/c1-5-15-36(16-6-1)38-25-29-40(30-26-38)49-53-50(41-31-27-39(28-32-41)37-17-7-2-8-18-37)55-51(54-49)42-33-34-48-46(35-42)45-23-13-14-24-47(45)52(48,43-19-9-3-10-20-43)44-21-11-4-12-22-44/h1-35H. The molecule has 1 aromatic heterocycles. The van der Waals surface area contributed by atoms with Crippen molar-refractivity contribution in [2.75, 3.05) is 0 Å². The number of nitrogens with zero attached hydrogens (tertiary/aromatic N) is 3. The van der Waals surface area contributed by atoms with Crippen LogP contribution in [-0.2, 0) is 5.41 Å². The molecule has 1 aliphatic rings. The van der Waals surface area contributed by atoms with Crippen LogP contribution in [0.5, 0.6) is 0 Å². The summed E-state index contributed by atoms with van der Waals surface area (Å²) in [7, 11) is 0. The Balaban J connectivity index is 1.14. The summed E-state index contributed by atoms with van der Waals surface area (Å²) in [5, 5.41) is 0. The van der Waals surface area contributed by atoms with E-state index < -0.39 is 5.41 Å². The zero-order valence-corrected chi connectivity index (χ0v) is 30.0. The van der Waals surface area contributed by atoms with E-state index in [1.54, 1.807) is 0 Å². The van der Waals surface area contributed by atoms with Crippen molar-refractivity contribution in [3.05, 3.63) is 235 Å². The van der Waals surface area contributed by atoms with Crippen LogP contribution in [0, 0.1) is 0 Å². The Morgan fingerprint density at radius 2 is 0.600 bits per heavy atom. The average Bonchev–Trinajstić information content (AvgIpc) is 3.58. The molecule has 0 atom stereocenters. The summed E-state index contributed by atoms with van der Waals surface area (Å²) < 4.78 is 0. The third-order valence-corrected chi connectivity index (χ3v) is 10.9. The number of rotatable bonds is 7. The highest BCUT2D eigenvalue weighted by molar-refractivity contribution is 5.88. The summed E-state index contributed by atoms with van der Waals surface area (Å²) in [4.78, 5) is 15.5. The number of aromatic nitrogens is 3. The van der Waals surface area contributed by atoms with Gasteiger partial charge in [-0.1, -0.05) is 206 Å². The van der Waals surface area contributed by atoms with Gasteiger partial charge in [0.2, 0.25) is 0 Å². The van der Waals surface area contributed by atoms with Gasteiger partial charge >= 0.3 is 0 Å². The third-order valence-electron chi connectivity index (χ3n) is 10.9. The van der Waals surface area contributed by atoms with E-state index in [2.05, 4.69) is 200 Å². The van der Waals surface area contributed by atoms with Gasteiger partial charge in [0.25, 0.3) is 0 Å². The second-order valence-electron chi connectivity index (χ2n) is 14.0. The molecule has 0 N–H and O–H groups in total. The molecule has 0 saturated heterocycles. The monoisotopic (exact) mass is 701 g/mol. The zero-order valence-electron chi connectivity index (χ0n) is 30.0. The van der Waals surface area contributed by atoms with Crippen LogP contribution in [0.3, 0.4) is 0 Å². The summed E-state index contributed by atoms with van der Waals surface area (Å²) in [5.74, 6) is 1.91. The fourth-order valence-corrected chi connectivity index (χ4v) is 8.24. The SMILES string of the molecule is c1ccc(-c2ccc(-c3nc(-c4ccc(-c5ccccc5)cc4)nc(-c4ccc5c(c4)-c4ccccc4C5(c4ccccc4)c4ccccc4)n3)cc2)cc1. The second-order valence-corrected chi connectivity index (χ2v) is 14.0. The maximum absolute atomic E-state index is 5.18. The van der Waals surface area contributed by atoms with E-state index >= 15 is 0 Å². The zero-order chi connectivity index (χ0) is 36.6. The molecule has 0 radical (unpaired) electrons. The molecule has 3 heteroatoms. The van der Waals surface area contributed by atoms with Gasteiger partial charge < -0.3 is 0 Å². The quantitative estimate of drug-likeness (QED) is 0.166. The molecule has 0 bridgehead atoms. The highest BCUT2D eigenvalue weighted by atomic mass is 15.0. The Labute approximate surface area is 321 Å². The van der Waals surface area contributed by atoms with Gasteiger partial charge in [0.05, 0.1) is 5.41 Å². The van der Waals surface area contributed by atoms with Crippen LogP contribution in [-0.4, -0.2) is 15.0 Å². The van der Waals surface area contributed by atoms with Crippen molar-refractivity contribution >= 4 is 0 Å². The largest absolute Gasteiger partial charge is 0.208 e. The summed E-state index contributed by atoms with van der Waals surface area (Å²) in [6.45, 7) is 0. The van der Waals surface area contributed by atoms with Gasteiger partial charge in [-0.2, -0.15) is 0 Å². The Morgan fingerprint density at radius 1 is 0.255 bits per heavy atom. The molecule has 0 fully saturated rings. The van der Waals surface area contributed by atoms with Gasteiger partial charge in [0.1, 0.15) is 0 Å². The lowest BCUT2D eigenvalue weighted by Gasteiger charge is -2.33. The highest BCUT2D eigenvalue weighted by Crippen LogP contribution is 2.56. The van der Waals surface area contributed by atoms with Crippen LogP contribution >= 0.6 is 0 Å². The third kappa shape index (κ3) is 5.65. The summed E-state index contributed by atoms with van der Waals surface area (Å²) in [5.41, 5.74) is 14.4. The van der Waals surface area contributed by atoms with Crippen molar-refractivity contribution in [2.24, 2.45) is 0 Å². The van der Waals surface area contributed by atoms with E-state index in [1.807, 2.05) is 12.1 Å². The predicted molar refractivity (Wildman–Crippen MR) is 224 cm³/mol. The first-order valence-electron chi connectivity index (χ1n) is 18.7. The minimum absolute atomic E-state index is 0.469. The van der Waals surface area contributed by atoms with Crippen LogP contribution in [0.25, 0.3) is 67.5 Å². The number of fused-ring (bicyclic) bond motifs is 3. The van der Waals surface area contributed by atoms with Crippen LogP contribution in [0.4, 0.5) is 0 Å². The van der Waals surface area contributed by atoms with Crippen LogP contribution in [0.15, 0.2) is 212 Å². The molecule has 0 saturated carbocycles. The molecule has 0 amide bonds. The van der Waals surface area contributed by atoms with Gasteiger partial charge in [0.15, 0.2) is 17.5 Å². The van der Waals surface area contributed by atoms with Crippen LogP contribution in [0.2, 0.25) is 0 Å². The topological polar surface area (TPSA) is 38.7 Å². The number of hydrogen-bond acceptors (Lipinski definition) is 3. The molecule has 0 aliphatic heterocycles. The molecule has 1 heterocycles. The molecule has 55 heavy (non-hydrogen) atoms. The second kappa shape index (κ2) is 13.6. The highest BCUT2D eigenvalue weighted by Gasteiger charge is 2.46. The summed E-state index contributed by atoms with van der Waals surface area (Å²) in [6.07, 6.45) is 0. The lowest BCUT2D eigenvalue weighted by molar-refractivity contribution is 0.768. The molecular weight excluding hydrogens is 667 g/mol. The molecule has 3 nitrogen and oxygen atoms in total. The average molecular weight is 702 g/mol. The number of hydrogen-bond donors (Lipinski definition) is 0. The molecule has 258 valence electrons. The van der Waals surface area contributed by atoms with Crippen molar-refractivity contribution in [1.82, 2.24) is 15.0 Å². The normalized spacial score (nSPS) is 12.5. The maximum Gasteiger partial charge on any atom is 0.164 e. The Kier molecular flexibility index (Phi) is 8.04. The van der Waals surface area contributed by atoms with E-state index in [-0.39, 0.29) is 0 Å². The lowest BCUT2D eigenvalue weighted by Crippen LogP contribution is -2.28. The Morgan fingerprint density at radius 3 is 1.09 bits per heavy atom.